The molecule has 0 atom stereocenters. The van der Waals surface area contributed by atoms with Crippen LogP contribution in [0.25, 0.3) is 11.2 Å². The lowest BCUT2D eigenvalue weighted by molar-refractivity contribution is 0.286. The number of aromatic nitrogens is 4. The van der Waals surface area contributed by atoms with Crippen molar-refractivity contribution in [1.82, 2.24) is 24.8 Å². The third kappa shape index (κ3) is 5.17. The Morgan fingerprint density at radius 2 is 1.81 bits per heavy atom. The molecule has 0 saturated carbocycles. The summed E-state index contributed by atoms with van der Waals surface area (Å²) in [6.45, 7) is 8.08. The van der Waals surface area contributed by atoms with E-state index in [1.807, 2.05) is 0 Å². The van der Waals surface area contributed by atoms with E-state index in [9.17, 15) is 4.79 Å². The number of imidazole rings is 1. The summed E-state index contributed by atoms with van der Waals surface area (Å²) < 4.78 is 7.25. The predicted molar refractivity (Wildman–Crippen MR) is 149 cm³/mol. The van der Waals surface area contributed by atoms with Gasteiger partial charge in [-0.2, -0.15) is 9.97 Å². The van der Waals surface area contributed by atoms with Gasteiger partial charge in [-0.3, -0.25) is 4.57 Å². The zero-order valence-corrected chi connectivity index (χ0v) is 22.5. The second-order valence-electron chi connectivity index (χ2n) is 9.61. The first-order valence-electron chi connectivity index (χ1n) is 12.6. The largest absolute Gasteiger partial charge is 0.463 e. The number of anilines is 3. The number of nitrogen functional groups attached to an aromatic ring is 1. The zero-order chi connectivity index (χ0) is 26.1. The topological polar surface area (TPSA) is 114 Å². The molecule has 1 aliphatic heterocycles. The lowest BCUT2D eigenvalue weighted by atomic mass is 10.1. The van der Waals surface area contributed by atoms with E-state index in [4.69, 9.17) is 10.5 Å². The number of nitrogens with zero attached hydrogens (tertiary/aromatic N) is 4. The number of fused-ring (bicyclic) bond motifs is 3. The van der Waals surface area contributed by atoms with Crippen LogP contribution in [0.2, 0.25) is 0 Å². The van der Waals surface area contributed by atoms with Gasteiger partial charge in [0.05, 0.1) is 24.5 Å². The molecule has 0 fully saturated rings. The number of nitrogens with one attached hydrogen (secondary N) is 2. The molecule has 0 bridgehead atoms. The number of H-pyrrole nitrogens is 1. The molecule has 2 aromatic carbocycles. The van der Waals surface area contributed by atoms with Crippen LogP contribution in [0.3, 0.4) is 0 Å². The molecule has 5 rings (SSSR count). The number of unbranched alkanes of at least 4 members (excludes halogenated alkanes) is 1. The highest BCUT2D eigenvalue weighted by Gasteiger charge is 2.22. The van der Waals surface area contributed by atoms with Gasteiger partial charge in [0.1, 0.15) is 5.52 Å². The quantitative estimate of drug-likeness (QED) is 0.274. The molecule has 0 amide bonds. The maximum atomic E-state index is 12.8. The second-order valence-corrected chi connectivity index (χ2v) is 10.7. The Morgan fingerprint density at radius 3 is 2.51 bits per heavy atom. The first-order chi connectivity index (χ1) is 17.8. The summed E-state index contributed by atoms with van der Waals surface area (Å²) in [6.07, 6.45) is 1.89. The summed E-state index contributed by atoms with van der Waals surface area (Å²) in [5.74, 6) is 0.203. The molecular formula is C27H33N7O2S. The van der Waals surface area contributed by atoms with Crippen molar-refractivity contribution in [1.29, 1.82) is 0 Å². The fourth-order valence-electron chi connectivity index (χ4n) is 4.35. The molecule has 37 heavy (non-hydrogen) atoms. The van der Waals surface area contributed by atoms with Crippen LogP contribution in [0, 0.1) is 0 Å². The molecule has 4 N–H and O–H groups in total. The van der Waals surface area contributed by atoms with Crippen LogP contribution in [0.4, 0.5) is 17.2 Å². The van der Waals surface area contributed by atoms with Crippen LogP contribution in [0.5, 0.6) is 6.01 Å². The molecule has 0 unspecified atom stereocenters. The van der Waals surface area contributed by atoms with E-state index in [1.54, 1.807) is 16.3 Å². The number of hydrogen-bond donors (Lipinski definition) is 3. The van der Waals surface area contributed by atoms with Gasteiger partial charge in [-0.15, -0.1) is 0 Å². The molecule has 4 aromatic rings. The molecule has 9 nitrogen and oxygen atoms in total. The molecule has 0 radical (unpaired) electrons. The SMILES string of the molecule is CCCCOc1nc(N)c2[nH]c(=O)n(Cc3ccc4c(c3)Sc3cc(CNC(C)C)ccc3N4C)c2n1. The van der Waals surface area contributed by atoms with Crippen molar-refractivity contribution in [2.45, 2.75) is 62.5 Å². The van der Waals surface area contributed by atoms with Crippen molar-refractivity contribution in [2.75, 3.05) is 24.3 Å². The van der Waals surface area contributed by atoms with E-state index in [0.29, 0.717) is 30.4 Å². The van der Waals surface area contributed by atoms with Crippen LogP contribution in [0.1, 0.15) is 44.7 Å². The number of nitrogens with two attached hydrogens (primary N) is 1. The smallest absolute Gasteiger partial charge is 0.328 e. The zero-order valence-electron chi connectivity index (χ0n) is 21.7. The number of ether oxygens (including phenoxy) is 1. The Kier molecular flexibility index (Phi) is 7.12. The molecule has 194 valence electrons. The van der Waals surface area contributed by atoms with Crippen molar-refractivity contribution in [3.8, 4) is 6.01 Å². The van der Waals surface area contributed by atoms with Crippen molar-refractivity contribution in [3.05, 3.63) is 58.0 Å². The van der Waals surface area contributed by atoms with Gasteiger partial charge in [0.15, 0.2) is 11.5 Å². The van der Waals surface area contributed by atoms with E-state index in [0.717, 1.165) is 35.5 Å². The number of benzene rings is 2. The van der Waals surface area contributed by atoms with E-state index < -0.39 is 0 Å². The Labute approximate surface area is 220 Å². The van der Waals surface area contributed by atoms with Crippen LogP contribution >= 0.6 is 11.8 Å². The predicted octanol–water partition coefficient (Wildman–Crippen LogP) is 4.66. The summed E-state index contributed by atoms with van der Waals surface area (Å²) in [6, 6.07) is 13.6. The fourth-order valence-corrected chi connectivity index (χ4v) is 5.62. The van der Waals surface area contributed by atoms with Gasteiger partial charge < -0.3 is 25.7 Å². The standard InChI is InChI=1S/C27H33N7O2S/c1-5-6-11-36-26-31-24(28)23-25(32-26)34(27(35)30-23)15-18-8-10-20-22(13-18)37-21-12-17(14-29-16(2)3)7-9-19(21)33(20)4/h7-10,12-13,16,29H,5-6,11,14-15H2,1-4H3,(H,30,35)(H2,28,31,32). The molecule has 0 aliphatic carbocycles. The van der Waals surface area contributed by atoms with Gasteiger partial charge in [0.25, 0.3) is 0 Å². The maximum absolute atomic E-state index is 12.8. The second kappa shape index (κ2) is 10.5. The van der Waals surface area contributed by atoms with Crippen molar-refractivity contribution in [3.63, 3.8) is 0 Å². The number of hydrogen-bond acceptors (Lipinski definition) is 8. The number of aromatic amines is 1. The van der Waals surface area contributed by atoms with Crippen LogP contribution in [-0.4, -0.2) is 39.2 Å². The Balaban J connectivity index is 1.43. The van der Waals surface area contributed by atoms with Gasteiger partial charge in [-0.25, -0.2) is 4.79 Å². The Hall–Kier alpha value is -3.50. The molecule has 3 heterocycles. The summed E-state index contributed by atoms with van der Waals surface area (Å²) in [5.41, 5.74) is 11.3. The van der Waals surface area contributed by atoms with Gasteiger partial charge >= 0.3 is 11.7 Å². The average molecular weight is 520 g/mol. The normalized spacial score (nSPS) is 12.7. The van der Waals surface area contributed by atoms with Crippen molar-refractivity contribution in [2.24, 2.45) is 0 Å². The highest BCUT2D eigenvalue weighted by Crippen LogP contribution is 2.48. The minimum absolute atomic E-state index is 0.188. The molecule has 0 spiro atoms. The fraction of sp³-hybridized carbons (Fsp3) is 0.370. The van der Waals surface area contributed by atoms with Gasteiger partial charge in [-0.05, 0) is 41.8 Å². The van der Waals surface area contributed by atoms with Crippen molar-refractivity contribution < 1.29 is 4.74 Å². The minimum Gasteiger partial charge on any atom is -0.463 e. The highest BCUT2D eigenvalue weighted by atomic mass is 32.2. The number of rotatable bonds is 9. The lowest BCUT2D eigenvalue weighted by Gasteiger charge is -2.30. The van der Waals surface area contributed by atoms with Crippen LogP contribution in [-0.2, 0) is 13.1 Å². The lowest BCUT2D eigenvalue weighted by Crippen LogP contribution is -2.22. The van der Waals surface area contributed by atoms with E-state index >= 15 is 0 Å². The van der Waals surface area contributed by atoms with E-state index in [2.05, 4.69) is 89.4 Å². The van der Waals surface area contributed by atoms with Gasteiger partial charge in [-0.1, -0.05) is 51.1 Å². The Bertz CT molecular complexity index is 1490. The minimum atomic E-state index is -0.281. The molecule has 2 aromatic heterocycles. The first-order valence-corrected chi connectivity index (χ1v) is 13.4. The maximum Gasteiger partial charge on any atom is 0.328 e. The third-order valence-corrected chi connectivity index (χ3v) is 7.50. The van der Waals surface area contributed by atoms with E-state index in [1.165, 1.54) is 16.1 Å². The third-order valence-electron chi connectivity index (χ3n) is 6.41. The molecule has 0 saturated heterocycles. The van der Waals surface area contributed by atoms with Gasteiger partial charge in [0.2, 0.25) is 0 Å². The van der Waals surface area contributed by atoms with Gasteiger partial charge in [0, 0.05) is 29.4 Å². The summed E-state index contributed by atoms with van der Waals surface area (Å²) in [5, 5.41) is 3.49. The van der Waals surface area contributed by atoms with Crippen LogP contribution < -0.4 is 26.4 Å². The summed E-state index contributed by atoms with van der Waals surface area (Å²) in [7, 11) is 2.09. The monoisotopic (exact) mass is 519 g/mol. The Morgan fingerprint density at radius 1 is 1.11 bits per heavy atom. The molecule has 1 aliphatic rings. The van der Waals surface area contributed by atoms with E-state index in [-0.39, 0.29) is 17.5 Å². The first kappa shape index (κ1) is 25.2. The average Bonchev–Trinajstić information content (AvgIpc) is 3.18. The molecular weight excluding hydrogens is 486 g/mol. The highest BCUT2D eigenvalue weighted by molar-refractivity contribution is 7.99. The summed E-state index contributed by atoms with van der Waals surface area (Å²) >= 11 is 1.76. The van der Waals surface area contributed by atoms with Crippen LogP contribution in [0.15, 0.2) is 51.0 Å². The molecule has 10 heteroatoms. The van der Waals surface area contributed by atoms with Crippen molar-refractivity contribution >= 4 is 40.1 Å². The summed E-state index contributed by atoms with van der Waals surface area (Å²) in [4.78, 5) is 28.9.